The van der Waals surface area contributed by atoms with Crippen LogP contribution >= 0.6 is 0 Å². The Bertz CT molecular complexity index is 905. The number of nitrogens with one attached hydrogen (secondary N) is 1. The number of rotatable bonds is 5. The highest BCUT2D eigenvalue weighted by Crippen LogP contribution is 2.32. The molecule has 1 aliphatic rings. The van der Waals surface area contributed by atoms with E-state index in [4.69, 9.17) is 0 Å². The van der Waals surface area contributed by atoms with Crippen LogP contribution < -0.4 is 5.32 Å². The lowest BCUT2D eigenvalue weighted by Crippen LogP contribution is -2.35. The Labute approximate surface area is 152 Å². The Balaban J connectivity index is 1.93. The van der Waals surface area contributed by atoms with Crippen LogP contribution in [0.4, 0.5) is 17.1 Å². The van der Waals surface area contributed by atoms with E-state index < -0.39 is 14.9 Å². The van der Waals surface area contributed by atoms with Crippen molar-refractivity contribution < 1.29 is 13.3 Å². The maximum Gasteiger partial charge on any atom is 0.294 e. The number of aryl methyl sites for hydroxylation is 1. The first-order valence-corrected chi connectivity index (χ1v) is 9.94. The van der Waals surface area contributed by atoms with Crippen molar-refractivity contribution in [1.29, 1.82) is 0 Å². The van der Waals surface area contributed by atoms with Crippen LogP contribution in [0, 0.1) is 17.0 Å². The molecule has 2 aromatic rings. The van der Waals surface area contributed by atoms with Gasteiger partial charge in [0, 0.05) is 24.8 Å². The minimum Gasteiger partial charge on any atom is -0.350 e. The summed E-state index contributed by atoms with van der Waals surface area (Å²) in [6.45, 7) is 2.87. The Kier molecular flexibility index (Phi) is 5.24. The third kappa shape index (κ3) is 3.86. The van der Waals surface area contributed by atoms with Crippen molar-refractivity contribution >= 4 is 27.1 Å². The molecular formula is C18H21N3O4S. The van der Waals surface area contributed by atoms with Gasteiger partial charge in [0.1, 0.15) is 5.69 Å². The summed E-state index contributed by atoms with van der Waals surface area (Å²) in [5.74, 6) is 0. The van der Waals surface area contributed by atoms with E-state index in [-0.39, 0.29) is 16.3 Å². The third-order valence-electron chi connectivity index (χ3n) is 4.45. The molecule has 8 heteroatoms. The molecule has 3 rings (SSSR count). The molecule has 0 amide bonds. The van der Waals surface area contributed by atoms with Crippen LogP contribution in [-0.2, 0) is 10.0 Å². The molecule has 1 N–H and O–H groups in total. The van der Waals surface area contributed by atoms with Gasteiger partial charge in [0.05, 0.1) is 9.82 Å². The molecule has 1 fully saturated rings. The summed E-state index contributed by atoms with van der Waals surface area (Å²) in [6.07, 6.45) is 2.63. The second kappa shape index (κ2) is 7.43. The van der Waals surface area contributed by atoms with Crippen molar-refractivity contribution in [1.82, 2.24) is 4.31 Å². The summed E-state index contributed by atoms with van der Waals surface area (Å²) in [7, 11) is -3.71. The summed E-state index contributed by atoms with van der Waals surface area (Å²) in [5.41, 5.74) is 1.78. The Morgan fingerprint density at radius 1 is 1.04 bits per heavy atom. The van der Waals surface area contributed by atoms with Gasteiger partial charge in [-0.05, 0) is 44.0 Å². The summed E-state index contributed by atoms with van der Waals surface area (Å²) in [4.78, 5) is 10.9. The van der Waals surface area contributed by atoms with Gasteiger partial charge < -0.3 is 5.32 Å². The molecule has 0 radical (unpaired) electrons. The third-order valence-corrected chi connectivity index (χ3v) is 6.34. The topological polar surface area (TPSA) is 92.6 Å². The van der Waals surface area contributed by atoms with Crippen LogP contribution in [0.3, 0.4) is 0 Å². The minimum atomic E-state index is -3.71. The number of hydrogen-bond donors (Lipinski definition) is 1. The predicted molar refractivity (Wildman–Crippen MR) is 100 cm³/mol. The first kappa shape index (κ1) is 18.3. The Hall–Kier alpha value is -2.45. The molecule has 138 valence electrons. The van der Waals surface area contributed by atoms with Crippen molar-refractivity contribution in [3.63, 3.8) is 0 Å². The molecule has 1 heterocycles. The molecule has 0 aliphatic carbocycles. The summed E-state index contributed by atoms with van der Waals surface area (Å²) >= 11 is 0. The lowest BCUT2D eigenvalue weighted by atomic mass is 10.2. The van der Waals surface area contributed by atoms with E-state index in [1.807, 2.05) is 31.2 Å². The van der Waals surface area contributed by atoms with Crippen molar-refractivity contribution in [2.75, 3.05) is 18.4 Å². The number of anilines is 2. The second-order valence-corrected chi connectivity index (χ2v) is 8.33. The largest absolute Gasteiger partial charge is 0.350 e. The smallest absolute Gasteiger partial charge is 0.294 e. The first-order valence-electron chi connectivity index (χ1n) is 8.50. The summed E-state index contributed by atoms with van der Waals surface area (Å²) in [5, 5.41) is 14.5. The normalized spacial score (nSPS) is 15.6. The highest BCUT2D eigenvalue weighted by atomic mass is 32.2. The van der Waals surface area contributed by atoms with E-state index in [1.54, 1.807) is 0 Å². The van der Waals surface area contributed by atoms with Gasteiger partial charge in [-0.25, -0.2) is 8.42 Å². The van der Waals surface area contributed by atoms with Crippen LogP contribution in [0.5, 0.6) is 0 Å². The number of nitro benzene ring substituents is 1. The quantitative estimate of drug-likeness (QED) is 0.633. The van der Waals surface area contributed by atoms with Gasteiger partial charge in [-0.3, -0.25) is 10.1 Å². The maximum absolute atomic E-state index is 12.8. The zero-order chi connectivity index (χ0) is 18.7. The van der Waals surface area contributed by atoms with Gasteiger partial charge in [0.2, 0.25) is 10.0 Å². The lowest BCUT2D eigenvalue weighted by molar-refractivity contribution is -0.384. The first-order chi connectivity index (χ1) is 12.4. The number of nitro groups is 1. The molecule has 0 unspecified atom stereocenters. The van der Waals surface area contributed by atoms with Crippen molar-refractivity contribution in [3.05, 3.63) is 58.1 Å². The average molecular weight is 375 g/mol. The highest BCUT2D eigenvalue weighted by Gasteiger charge is 2.28. The molecule has 0 saturated carbocycles. The SMILES string of the molecule is Cc1ccc(Nc2ccc(S(=O)(=O)N3CCCCC3)cc2[N+](=O)[O-])cc1. The van der Waals surface area contributed by atoms with E-state index in [1.165, 1.54) is 16.4 Å². The molecule has 1 saturated heterocycles. The molecule has 26 heavy (non-hydrogen) atoms. The van der Waals surface area contributed by atoms with Gasteiger partial charge in [-0.2, -0.15) is 4.31 Å². The van der Waals surface area contributed by atoms with Gasteiger partial charge in [0.25, 0.3) is 5.69 Å². The number of piperidine rings is 1. The fourth-order valence-corrected chi connectivity index (χ4v) is 4.51. The van der Waals surface area contributed by atoms with Gasteiger partial charge in [0.15, 0.2) is 0 Å². The van der Waals surface area contributed by atoms with E-state index in [0.29, 0.717) is 18.8 Å². The molecule has 7 nitrogen and oxygen atoms in total. The van der Waals surface area contributed by atoms with Gasteiger partial charge in [-0.1, -0.05) is 24.1 Å². The average Bonchev–Trinajstić information content (AvgIpc) is 2.64. The molecule has 0 bridgehead atoms. The summed E-state index contributed by atoms with van der Waals surface area (Å²) in [6, 6.07) is 11.4. The zero-order valence-electron chi connectivity index (χ0n) is 14.5. The highest BCUT2D eigenvalue weighted by molar-refractivity contribution is 7.89. The van der Waals surface area contributed by atoms with E-state index in [0.717, 1.165) is 30.9 Å². The molecule has 1 aliphatic heterocycles. The van der Waals surface area contributed by atoms with Crippen LogP contribution in [0.2, 0.25) is 0 Å². The molecule has 2 aromatic carbocycles. The van der Waals surface area contributed by atoms with E-state index in [9.17, 15) is 18.5 Å². The van der Waals surface area contributed by atoms with Gasteiger partial charge in [-0.15, -0.1) is 0 Å². The molecular weight excluding hydrogens is 354 g/mol. The van der Waals surface area contributed by atoms with Crippen molar-refractivity contribution in [2.45, 2.75) is 31.1 Å². The standard InChI is InChI=1S/C18H21N3O4S/c1-14-5-7-15(8-6-14)19-17-10-9-16(13-18(17)21(22)23)26(24,25)20-11-3-2-4-12-20/h5-10,13,19H,2-4,11-12H2,1H3. The van der Waals surface area contributed by atoms with E-state index in [2.05, 4.69) is 5.32 Å². The lowest BCUT2D eigenvalue weighted by Gasteiger charge is -2.25. The summed E-state index contributed by atoms with van der Waals surface area (Å²) < 4.78 is 26.9. The zero-order valence-corrected chi connectivity index (χ0v) is 15.3. The number of sulfonamides is 1. The fourth-order valence-electron chi connectivity index (χ4n) is 2.98. The monoisotopic (exact) mass is 375 g/mol. The Morgan fingerprint density at radius 2 is 1.69 bits per heavy atom. The fraction of sp³-hybridized carbons (Fsp3) is 0.333. The molecule has 0 spiro atoms. The van der Waals surface area contributed by atoms with Crippen molar-refractivity contribution in [2.24, 2.45) is 0 Å². The number of nitrogens with zero attached hydrogens (tertiary/aromatic N) is 2. The maximum atomic E-state index is 12.8. The van der Waals surface area contributed by atoms with Crippen molar-refractivity contribution in [3.8, 4) is 0 Å². The van der Waals surface area contributed by atoms with Crippen LogP contribution in [0.25, 0.3) is 0 Å². The van der Waals surface area contributed by atoms with Crippen LogP contribution in [0.1, 0.15) is 24.8 Å². The number of hydrogen-bond acceptors (Lipinski definition) is 5. The van der Waals surface area contributed by atoms with Crippen LogP contribution in [0.15, 0.2) is 47.4 Å². The number of benzene rings is 2. The van der Waals surface area contributed by atoms with Crippen LogP contribution in [-0.4, -0.2) is 30.7 Å². The molecule has 0 atom stereocenters. The van der Waals surface area contributed by atoms with Gasteiger partial charge >= 0.3 is 0 Å². The second-order valence-electron chi connectivity index (χ2n) is 6.39. The molecule has 0 aromatic heterocycles. The van der Waals surface area contributed by atoms with E-state index >= 15 is 0 Å². The minimum absolute atomic E-state index is 0.0412. The predicted octanol–water partition coefficient (Wildman–Crippen LogP) is 3.82. The Morgan fingerprint density at radius 3 is 2.31 bits per heavy atom.